The van der Waals surface area contributed by atoms with Crippen LogP contribution in [-0.4, -0.2) is 20.4 Å². The van der Waals surface area contributed by atoms with Gasteiger partial charge in [0.15, 0.2) is 5.75 Å². The van der Waals surface area contributed by atoms with Crippen LogP contribution in [0.25, 0.3) is 0 Å². The van der Waals surface area contributed by atoms with Gasteiger partial charge in [-0.2, -0.15) is 8.42 Å². The summed E-state index contributed by atoms with van der Waals surface area (Å²) in [6.07, 6.45) is -0.115. The fraction of sp³-hybridized carbons (Fsp3) is 0.444. The highest BCUT2D eigenvalue weighted by Gasteiger charge is 2.27. The topological polar surface area (TPSA) is 105 Å². The monoisotopic (exact) mass is 735 g/mol. The Labute approximate surface area is 301 Å². The third kappa shape index (κ3) is 10.1. The SMILES string of the molecule is CC(C)c1cc(C(C)C)c(CC(=O)NS(=O)(=O)Oc2c(C(C)C)cc(N(S)C(=O)Nc3cc(Cl)cc(Cl)c3)cc2C(C)C)c(C(C)C)c1. The van der Waals surface area contributed by atoms with Gasteiger partial charge in [-0.1, -0.05) is 117 Å². The molecule has 262 valence electrons. The van der Waals surface area contributed by atoms with Gasteiger partial charge in [0, 0.05) is 26.9 Å². The first-order chi connectivity index (χ1) is 22.2. The Morgan fingerprint density at radius 1 is 0.729 bits per heavy atom. The molecule has 3 rings (SSSR count). The average molecular weight is 737 g/mol. The summed E-state index contributed by atoms with van der Waals surface area (Å²) in [6.45, 7) is 20.0. The summed E-state index contributed by atoms with van der Waals surface area (Å²) >= 11 is 16.6. The summed E-state index contributed by atoms with van der Waals surface area (Å²) in [5, 5.41) is 3.42. The van der Waals surface area contributed by atoms with Crippen molar-refractivity contribution in [3.05, 3.63) is 85.9 Å². The molecule has 48 heavy (non-hydrogen) atoms. The Hall–Kier alpha value is -2.92. The van der Waals surface area contributed by atoms with Crippen LogP contribution in [0, 0.1) is 0 Å². The lowest BCUT2D eigenvalue weighted by atomic mass is 9.83. The molecule has 8 nitrogen and oxygen atoms in total. The van der Waals surface area contributed by atoms with E-state index in [2.05, 4.69) is 76.5 Å². The Morgan fingerprint density at radius 2 is 1.19 bits per heavy atom. The second-order valence-electron chi connectivity index (χ2n) is 13.5. The van der Waals surface area contributed by atoms with Gasteiger partial charge in [-0.3, -0.25) is 4.79 Å². The van der Waals surface area contributed by atoms with Crippen LogP contribution in [0.1, 0.15) is 132 Å². The molecular weight excluding hydrogens is 689 g/mol. The third-order valence-electron chi connectivity index (χ3n) is 7.95. The molecule has 3 aromatic carbocycles. The molecule has 0 unspecified atom stereocenters. The maximum atomic E-state index is 13.5. The highest BCUT2D eigenvalue weighted by atomic mass is 35.5. The normalized spacial score (nSPS) is 12.0. The number of amides is 3. The summed E-state index contributed by atoms with van der Waals surface area (Å²) in [4.78, 5) is 26.5. The second-order valence-corrected chi connectivity index (χ2v) is 16.1. The number of nitrogens with zero attached hydrogens (tertiary/aromatic N) is 1. The van der Waals surface area contributed by atoms with Crippen molar-refractivity contribution < 1.29 is 22.2 Å². The molecule has 0 atom stereocenters. The van der Waals surface area contributed by atoms with Gasteiger partial charge in [0.1, 0.15) is 0 Å². The van der Waals surface area contributed by atoms with E-state index in [0.29, 0.717) is 38.5 Å². The number of hydrogen-bond acceptors (Lipinski definition) is 6. The number of hydrogen-bond donors (Lipinski definition) is 3. The van der Waals surface area contributed by atoms with Crippen molar-refractivity contribution in [3.8, 4) is 5.75 Å². The summed E-state index contributed by atoms with van der Waals surface area (Å²) < 4.78 is 35.8. The molecule has 0 aromatic heterocycles. The fourth-order valence-corrected chi connectivity index (χ4v) is 6.93. The second kappa shape index (κ2) is 16.2. The Kier molecular flexibility index (Phi) is 13.3. The summed E-state index contributed by atoms with van der Waals surface area (Å²) in [5.41, 5.74) is 5.86. The highest BCUT2D eigenvalue weighted by molar-refractivity contribution is 7.85. The minimum Gasteiger partial charge on any atom is -0.366 e. The molecule has 2 N–H and O–H groups in total. The van der Waals surface area contributed by atoms with E-state index in [1.807, 2.05) is 27.7 Å². The predicted octanol–water partition coefficient (Wildman–Crippen LogP) is 10.5. The zero-order valence-corrected chi connectivity index (χ0v) is 32.5. The van der Waals surface area contributed by atoms with Crippen molar-refractivity contribution in [1.29, 1.82) is 0 Å². The quantitative estimate of drug-likeness (QED) is 0.161. The first kappa shape index (κ1) is 39.5. The first-order valence-corrected chi connectivity index (χ1v) is 18.6. The lowest BCUT2D eigenvalue weighted by Gasteiger charge is -2.24. The van der Waals surface area contributed by atoms with Gasteiger partial charge >= 0.3 is 16.3 Å². The molecule has 12 heteroatoms. The molecule has 0 aliphatic heterocycles. The Morgan fingerprint density at radius 3 is 1.60 bits per heavy atom. The van der Waals surface area contributed by atoms with Crippen LogP contribution in [-0.2, 0) is 21.5 Å². The van der Waals surface area contributed by atoms with Crippen molar-refractivity contribution in [2.45, 2.75) is 105 Å². The molecule has 3 amide bonds. The van der Waals surface area contributed by atoms with Crippen LogP contribution >= 0.6 is 36.0 Å². The number of carbonyl (C=O) groups excluding carboxylic acids is 2. The standard InChI is InChI=1S/C36H47Cl2N3O5S2/c1-19(2)24-11-29(20(3)4)33(30(12-24)21(5)6)18-34(42)40-48(44,45)46-35-31(22(7)8)16-28(17-32(35)23(9)10)41(47)36(43)39-27-14-25(37)13-26(38)15-27/h11-17,19-23,47H,18H2,1-10H3,(H,39,43)(H,40,42). The molecule has 0 spiro atoms. The van der Waals surface area contributed by atoms with Crippen LogP contribution in [0.3, 0.4) is 0 Å². The Bertz CT molecular complexity index is 1690. The van der Waals surface area contributed by atoms with E-state index >= 15 is 0 Å². The van der Waals surface area contributed by atoms with E-state index in [1.165, 1.54) is 5.56 Å². The van der Waals surface area contributed by atoms with Gasteiger partial charge in [-0.15, -0.1) is 0 Å². The van der Waals surface area contributed by atoms with Gasteiger partial charge in [-0.05, 0) is 82.2 Å². The largest absolute Gasteiger partial charge is 0.409 e. The number of nitrogens with one attached hydrogen (secondary N) is 2. The van der Waals surface area contributed by atoms with Gasteiger partial charge in [0.05, 0.1) is 12.1 Å². The minimum atomic E-state index is -4.59. The van der Waals surface area contributed by atoms with E-state index in [-0.39, 0.29) is 35.8 Å². The number of urea groups is 1. The lowest BCUT2D eigenvalue weighted by molar-refractivity contribution is -0.118. The molecule has 0 bridgehead atoms. The van der Waals surface area contributed by atoms with Crippen molar-refractivity contribution in [3.63, 3.8) is 0 Å². The van der Waals surface area contributed by atoms with E-state index in [9.17, 15) is 18.0 Å². The van der Waals surface area contributed by atoms with Crippen LogP contribution in [0.15, 0.2) is 42.5 Å². The number of halogens is 2. The van der Waals surface area contributed by atoms with E-state index < -0.39 is 22.2 Å². The molecule has 0 radical (unpaired) electrons. The summed E-state index contributed by atoms with van der Waals surface area (Å²) in [7, 11) is -4.59. The lowest BCUT2D eigenvalue weighted by Crippen LogP contribution is -2.36. The first-order valence-electron chi connectivity index (χ1n) is 16.1. The van der Waals surface area contributed by atoms with E-state index in [1.54, 1.807) is 30.3 Å². The number of thiol groups is 1. The van der Waals surface area contributed by atoms with E-state index in [0.717, 1.165) is 21.0 Å². The highest BCUT2D eigenvalue weighted by Crippen LogP contribution is 2.40. The smallest absolute Gasteiger partial charge is 0.366 e. The molecular formula is C36H47Cl2N3O5S2. The van der Waals surface area contributed by atoms with Gasteiger partial charge in [-0.25, -0.2) is 13.8 Å². The number of anilines is 2. The molecule has 0 aliphatic carbocycles. The Balaban J connectivity index is 1.95. The summed E-state index contributed by atoms with van der Waals surface area (Å²) in [5.74, 6) is -0.463. The zero-order chi connectivity index (χ0) is 36.2. The van der Waals surface area contributed by atoms with Crippen molar-refractivity contribution >= 4 is 69.6 Å². The van der Waals surface area contributed by atoms with Crippen molar-refractivity contribution in [2.75, 3.05) is 9.62 Å². The van der Waals surface area contributed by atoms with Crippen LogP contribution in [0.2, 0.25) is 10.0 Å². The molecule has 0 saturated carbocycles. The van der Waals surface area contributed by atoms with Crippen LogP contribution < -0.4 is 18.5 Å². The number of carbonyl (C=O) groups is 2. The fourth-order valence-electron chi connectivity index (χ4n) is 5.43. The third-order valence-corrected chi connectivity index (χ3v) is 9.66. The molecule has 3 aromatic rings. The van der Waals surface area contributed by atoms with Crippen molar-refractivity contribution in [2.24, 2.45) is 0 Å². The average Bonchev–Trinajstić information content (AvgIpc) is 2.94. The minimum absolute atomic E-state index is 0.0971. The molecule has 0 saturated heterocycles. The molecule has 0 fully saturated rings. The van der Waals surface area contributed by atoms with Gasteiger partial charge in [0.2, 0.25) is 5.91 Å². The molecule has 0 aliphatic rings. The van der Waals surface area contributed by atoms with Gasteiger partial charge < -0.3 is 9.50 Å². The van der Waals surface area contributed by atoms with Gasteiger partial charge in [0.25, 0.3) is 0 Å². The number of benzene rings is 3. The van der Waals surface area contributed by atoms with Crippen LogP contribution in [0.4, 0.5) is 16.2 Å². The zero-order valence-electron chi connectivity index (χ0n) is 29.2. The van der Waals surface area contributed by atoms with Crippen molar-refractivity contribution in [1.82, 2.24) is 4.72 Å². The van der Waals surface area contributed by atoms with E-state index in [4.69, 9.17) is 27.4 Å². The number of rotatable bonds is 12. The maximum absolute atomic E-state index is 13.5. The summed E-state index contributed by atoms with van der Waals surface area (Å²) in [6, 6.07) is 11.6. The van der Waals surface area contributed by atoms with Crippen LogP contribution in [0.5, 0.6) is 5.75 Å². The predicted molar refractivity (Wildman–Crippen MR) is 202 cm³/mol. The maximum Gasteiger partial charge on any atom is 0.409 e. The molecule has 0 heterocycles.